The number of carbonyl (C=O) groups is 1. The van der Waals surface area contributed by atoms with Crippen LogP contribution in [0.5, 0.6) is 0 Å². The Kier molecular flexibility index (Phi) is 4.05. The van der Waals surface area contributed by atoms with Crippen LogP contribution < -0.4 is 0 Å². The smallest absolute Gasteiger partial charge is 0.242 e. The lowest BCUT2D eigenvalue weighted by molar-refractivity contribution is -0.136. The summed E-state index contributed by atoms with van der Waals surface area (Å²) < 4.78 is 0. The molecule has 1 saturated heterocycles. The summed E-state index contributed by atoms with van der Waals surface area (Å²) in [6.45, 7) is 3.88. The lowest BCUT2D eigenvalue weighted by Crippen LogP contribution is -2.50. The molecular formula is C13H24N2O2. The van der Waals surface area contributed by atoms with Gasteiger partial charge in [0.1, 0.15) is 6.04 Å². The summed E-state index contributed by atoms with van der Waals surface area (Å²) in [4.78, 5) is 16.3. The fraction of sp³-hybridized carbons (Fsp3) is 0.923. The van der Waals surface area contributed by atoms with E-state index in [0.717, 1.165) is 13.1 Å². The highest BCUT2D eigenvalue weighted by Crippen LogP contribution is 2.27. The Morgan fingerprint density at radius 3 is 2.53 bits per heavy atom. The zero-order chi connectivity index (χ0) is 12.4. The molecule has 1 saturated carbocycles. The first-order chi connectivity index (χ1) is 8.13. The van der Waals surface area contributed by atoms with Crippen molar-refractivity contribution in [3.05, 3.63) is 0 Å². The van der Waals surface area contributed by atoms with Crippen molar-refractivity contribution in [1.29, 1.82) is 0 Å². The standard InChI is InChI=1S/C13H24N2O2/c1-10-7-14(2)13(17)12(9-16)15(8-10)11-5-3-4-6-11/h10-12,16H,3-9H2,1-2H3. The van der Waals surface area contributed by atoms with Crippen LogP contribution in [0.15, 0.2) is 0 Å². The van der Waals surface area contributed by atoms with Crippen molar-refractivity contribution >= 4 is 5.91 Å². The number of hydrogen-bond acceptors (Lipinski definition) is 3. The molecule has 0 radical (unpaired) electrons. The molecule has 1 aliphatic carbocycles. The van der Waals surface area contributed by atoms with E-state index in [1.807, 2.05) is 7.05 Å². The predicted octanol–water partition coefficient (Wildman–Crippen LogP) is 0.700. The predicted molar refractivity (Wildman–Crippen MR) is 66.6 cm³/mol. The van der Waals surface area contributed by atoms with E-state index in [0.29, 0.717) is 12.0 Å². The van der Waals surface area contributed by atoms with Gasteiger partial charge in [-0.05, 0) is 18.8 Å². The van der Waals surface area contributed by atoms with Gasteiger partial charge in [0.25, 0.3) is 0 Å². The topological polar surface area (TPSA) is 43.8 Å². The van der Waals surface area contributed by atoms with Gasteiger partial charge in [0.15, 0.2) is 0 Å². The van der Waals surface area contributed by atoms with Crippen molar-refractivity contribution in [3.8, 4) is 0 Å². The van der Waals surface area contributed by atoms with Crippen molar-refractivity contribution in [2.24, 2.45) is 5.92 Å². The molecule has 0 spiro atoms. The second-order valence-electron chi connectivity index (χ2n) is 5.66. The highest BCUT2D eigenvalue weighted by atomic mass is 16.3. The number of aliphatic hydroxyl groups excluding tert-OH is 1. The Morgan fingerprint density at radius 2 is 1.94 bits per heavy atom. The SMILES string of the molecule is CC1CN(C)C(=O)C(CO)N(C2CCCC2)C1. The molecule has 2 fully saturated rings. The molecule has 1 amide bonds. The number of hydrogen-bond donors (Lipinski definition) is 1. The summed E-state index contributed by atoms with van der Waals surface area (Å²) in [7, 11) is 1.85. The summed E-state index contributed by atoms with van der Waals surface area (Å²) >= 11 is 0. The van der Waals surface area contributed by atoms with Gasteiger partial charge in [-0.25, -0.2) is 0 Å². The minimum atomic E-state index is -0.312. The number of aliphatic hydroxyl groups is 1. The van der Waals surface area contributed by atoms with Crippen molar-refractivity contribution in [2.45, 2.75) is 44.7 Å². The fourth-order valence-corrected chi connectivity index (χ4v) is 3.32. The van der Waals surface area contributed by atoms with E-state index in [1.54, 1.807) is 4.90 Å². The maximum atomic E-state index is 12.2. The van der Waals surface area contributed by atoms with Gasteiger partial charge < -0.3 is 10.0 Å². The van der Waals surface area contributed by atoms with Crippen molar-refractivity contribution in [3.63, 3.8) is 0 Å². The largest absolute Gasteiger partial charge is 0.394 e. The summed E-state index contributed by atoms with van der Waals surface area (Å²) in [6, 6.07) is 0.193. The molecule has 0 aromatic heterocycles. The minimum absolute atomic E-state index is 0.0492. The van der Waals surface area contributed by atoms with Gasteiger partial charge in [-0.15, -0.1) is 0 Å². The molecule has 2 aliphatic rings. The monoisotopic (exact) mass is 240 g/mol. The first-order valence-electron chi connectivity index (χ1n) is 6.75. The van der Waals surface area contributed by atoms with Crippen LogP contribution in [0.1, 0.15) is 32.6 Å². The molecule has 4 heteroatoms. The molecule has 1 N–H and O–H groups in total. The molecule has 2 unspecified atom stereocenters. The first-order valence-corrected chi connectivity index (χ1v) is 6.75. The van der Waals surface area contributed by atoms with Crippen LogP contribution in [0.4, 0.5) is 0 Å². The third-order valence-corrected chi connectivity index (χ3v) is 4.14. The van der Waals surface area contributed by atoms with E-state index >= 15 is 0 Å². The Labute approximate surface area is 104 Å². The highest BCUT2D eigenvalue weighted by Gasteiger charge is 2.37. The third-order valence-electron chi connectivity index (χ3n) is 4.14. The molecule has 17 heavy (non-hydrogen) atoms. The second-order valence-corrected chi connectivity index (χ2v) is 5.66. The zero-order valence-corrected chi connectivity index (χ0v) is 10.9. The Hall–Kier alpha value is -0.610. The van der Waals surface area contributed by atoms with Crippen LogP contribution in [0.25, 0.3) is 0 Å². The molecule has 4 nitrogen and oxygen atoms in total. The molecule has 2 atom stereocenters. The molecule has 2 rings (SSSR count). The molecule has 98 valence electrons. The van der Waals surface area contributed by atoms with E-state index in [-0.39, 0.29) is 18.6 Å². The van der Waals surface area contributed by atoms with E-state index in [2.05, 4.69) is 11.8 Å². The average molecular weight is 240 g/mol. The van der Waals surface area contributed by atoms with Crippen LogP contribution in [-0.4, -0.2) is 59.6 Å². The maximum Gasteiger partial charge on any atom is 0.242 e. The third kappa shape index (κ3) is 2.63. The van der Waals surface area contributed by atoms with Crippen LogP contribution in [-0.2, 0) is 4.79 Å². The van der Waals surface area contributed by atoms with Gasteiger partial charge in [0.2, 0.25) is 5.91 Å². The molecular weight excluding hydrogens is 216 g/mol. The van der Waals surface area contributed by atoms with Gasteiger partial charge in [0.05, 0.1) is 6.61 Å². The van der Waals surface area contributed by atoms with Gasteiger partial charge in [0, 0.05) is 26.2 Å². The maximum absolute atomic E-state index is 12.2. The van der Waals surface area contributed by atoms with Crippen molar-refractivity contribution < 1.29 is 9.90 Å². The number of carbonyl (C=O) groups excluding carboxylic acids is 1. The lowest BCUT2D eigenvalue weighted by atomic mass is 10.1. The molecule has 0 bridgehead atoms. The average Bonchev–Trinajstić information content (AvgIpc) is 2.78. The second kappa shape index (κ2) is 5.36. The summed E-state index contributed by atoms with van der Waals surface area (Å²) in [5.74, 6) is 0.574. The molecule has 0 aromatic rings. The zero-order valence-electron chi connectivity index (χ0n) is 10.9. The normalized spacial score (nSPS) is 33.1. The molecule has 1 heterocycles. The quantitative estimate of drug-likeness (QED) is 0.773. The van der Waals surface area contributed by atoms with Crippen molar-refractivity contribution in [1.82, 2.24) is 9.80 Å². The van der Waals surface area contributed by atoms with Gasteiger partial charge >= 0.3 is 0 Å². The minimum Gasteiger partial charge on any atom is -0.394 e. The lowest BCUT2D eigenvalue weighted by Gasteiger charge is -2.33. The number of rotatable bonds is 2. The van der Waals surface area contributed by atoms with E-state index < -0.39 is 0 Å². The molecule has 1 aliphatic heterocycles. The van der Waals surface area contributed by atoms with Gasteiger partial charge in [-0.3, -0.25) is 9.69 Å². The van der Waals surface area contributed by atoms with Crippen LogP contribution in [0.2, 0.25) is 0 Å². The Bertz CT molecular complexity index is 277. The first kappa shape index (κ1) is 12.8. The van der Waals surface area contributed by atoms with E-state index in [1.165, 1.54) is 25.7 Å². The van der Waals surface area contributed by atoms with E-state index in [9.17, 15) is 9.90 Å². The summed E-state index contributed by atoms with van der Waals surface area (Å²) in [5, 5.41) is 9.53. The van der Waals surface area contributed by atoms with E-state index in [4.69, 9.17) is 0 Å². The van der Waals surface area contributed by atoms with Crippen LogP contribution in [0, 0.1) is 5.92 Å². The van der Waals surface area contributed by atoms with Gasteiger partial charge in [-0.1, -0.05) is 19.8 Å². The van der Waals surface area contributed by atoms with Crippen LogP contribution in [0.3, 0.4) is 0 Å². The van der Waals surface area contributed by atoms with Gasteiger partial charge in [-0.2, -0.15) is 0 Å². The molecule has 0 aromatic carbocycles. The number of nitrogens with zero attached hydrogens (tertiary/aromatic N) is 2. The Balaban J connectivity index is 2.17. The summed E-state index contributed by atoms with van der Waals surface area (Å²) in [5.41, 5.74) is 0. The fourth-order valence-electron chi connectivity index (χ4n) is 3.32. The Morgan fingerprint density at radius 1 is 1.29 bits per heavy atom. The highest BCUT2D eigenvalue weighted by molar-refractivity contribution is 5.82. The number of likely N-dealkylation sites (N-methyl/N-ethyl adjacent to an activating group) is 1. The van der Waals surface area contributed by atoms with Crippen molar-refractivity contribution in [2.75, 3.05) is 26.7 Å². The van der Waals surface area contributed by atoms with Crippen LogP contribution >= 0.6 is 0 Å². The summed E-state index contributed by atoms with van der Waals surface area (Å²) in [6.07, 6.45) is 4.88. The number of amides is 1.